The molecular formula is C43H53N3O3S3. The predicted octanol–water partition coefficient (Wildman–Crippen LogP) is 11.7. The van der Waals surface area contributed by atoms with Gasteiger partial charge < -0.3 is 14.2 Å². The lowest BCUT2D eigenvalue weighted by Gasteiger charge is -2.32. The quantitative estimate of drug-likeness (QED) is 0.0470. The third kappa shape index (κ3) is 14.3. The number of thioether (sulfide) groups is 3. The van der Waals surface area contributed by atoms with Gasteiger partial charge in [0, 0.05) is 22.7 Å². The zero-order chi connectivity index (χ0) is 36.0. The molecule has 0 aliphatic rings. The minimum atomic E-state index is -0.384. The van der Waals surface area contributed by atoms with Gasteiger partial charge in [-0.2, -0.15) is 15.0 Å². The summed E-state index contributed by atoms with van der Waals surface area (Å²) in [6.45, 7) is 25.9. The number of rotatable bonds is 21. The summed E-state index contributed by atoms with van der Waals surface area (Å²) >= 11 is 4.67. The number of ether oxygens (including phenoxy) is 3. The van der Waals surface area contributed by atoms with Gasteiger partial charge in [-0.1, -0.05) is 143 Å². The highest BCUT2D eigenvalue weighted by molar-refractivity contribution is 8.00. The average molecular weight is 756 g/mol. The fraction of sp³-hybridized carbons (Fsp3) is 0.233. The van der Waals surface area contributed by atoms with E-state index >= 15 is 0 Å². The molecule has 0 saturated heterocycles. The highest BCUT2D eigenvalue weighted by atomic mass is 32.2. The van der Waals surface area contributed by atoms with Gasteiger partial charge in [-0.25, -0.2) is 0 Å². The fourth-order valence-electron chi connectivity index (χ4n) is 4.53. The standard InChI is InChI=1S/C29H30O3.C12H15N3S3.2CH4/c1-5-20-30-26-14-8-23(9-15-26)29(4,24-10-16-27(17-11-24)31-21-6-2)25-12-18-28(19-13-25)32-22-7-3;1-4-7-16-10-13-11(17-8-5-2)15-12(14-10)18-9-6-3;;/h5-19H,1-3,20-22H2,4H3;4-6H,1-3,7-9H2;2*1H4. The minimum absolute atomic E-state index is 0. The predicted molar refractivity (Wildman–Crippen MR) is 228 cm³/mol. The molecule has 3 aromatic carbocycles. The SMILES string of the molecule is C.C.C=CCOc1ccc(C(C)(c2ccc(OCC=C)cc2)c2ccc(OCC=C)cc2)cc1.C=CCSc1nc(SCC=C)nc(SCC=C)n1. The lowest BCUT2D eigenvalue weighted by Crippen LogP contribution is -2.25. The molecule has 0 unspecified atom stereocenters. The Morgan fingerprint density at radius 1 is 0.462 bits per heavy atom. The molecule has 52 heavy (non-hydrogen) atoms. The van der Waals surface area contributed by atoms with Crippen molar-refractivity contribution in [3.63, 3.8) is 0 Å². The smallest absolute Gasteiger partial charge is 0.192 e. The maximum absolute atomic E-state index is 5.67. The van der Waals surface area contributed by atoms with E-state index in [4.69, 9.17) is 14.2 Å². The largest absolute Gasteiger partial charge is 0.490 e. The highest BCUT2D eigenvalue weighted by Crippen LogP contribution is 2.40. The summed E-state index contributed by atoms with van der Waals surface area (Å²) in [5, 5.41) is 2.22. The van der Waals surface area contributed by atoms with Crippen molar-refractivity contribution in [2.24, 2.45) is 0 Å². The second-order valence-corrected chi connectivity index (χ2v) is 13.4. The van der Waals surface area contributed by atoms with Gasteiger partial charge in [0.1, 0.15) is 37.1 Å². The molecule has 0 aliphatic heterocycles. The summed E-state index contributed by atoms with van der Waals surface area (Å²) in [4.78, 5) is 13.2. The van der Waals surface area contributed by atoms with E-state index < -0.39 is 0 Å². The van der Waals surface area contributed by atoms with Gasteiger partial charge in [0.05, 0.1) is 0 Å². The normalized spacial score (nSPS) is 10.1. The molecule has 1 aromatic heterocycles. The molecule has 1 heterocycles. The Hall–Kier alpha value is -4.44. The van der Waals surface area contributed by atoms with Crippen LogP contribution in [0.4, 0.5) is 0 Å². The van der Waals surface area contributed by atoms with Gasteiger partial charge in [0.2, 0.25) is 0 Å². The summed E-state index contributed by atoms with van der Waals surface area (Å²) in [6.07, 6.45) is 10.7. The molecule has 0 aliphatic carbocycles. The second-order valence-electron chi connectivity index (χ2n) is 10.5. The van der Waals surface area contributed by atoms with Gasteiger partial charge in [-0.05, 0) is 60.0 Å². The number of nitrogens with zero attached hydrogens (tertiary/aromatic N) is 3. The van der Waals surface area contributed by atoms with E-state index in [1.165, 1.54) is 0 Å². The van der Waals surface area contributed by atoms with Crippen LogP contribution in [0.5, 0.6) is 17.2 Å². The van der Waals surface area contributed by atoms with Crippen molar-refractivity contribution in [2.45, 2.75) is 42.7 Å². The van der Waals surface area contributed by atoms with E-state index in [0.29, 0.717) is 19.8 Å². The number of benzene rings is 3. The molecule has 0 atom stereocenters. The fourth-order valence-corrected chi connectivity index (χ4v) is 6.41. The third-order valence-electron chi connectivity index (χ3n) is 6.96. The van der Waals surface area contributed by atoms with Crippen LogP contribution < -0.4 is 14.2 Å². The molecule has 0 fully saturated rings. The van der Waals surface area contributed by atoms with Crippen molar-refractivity contribution >= 4 is 35.3 Å². The van der Waals surface area contributed by atoms with Crippen LogP contribution in [0.1, 0.15) is 38.5 Å². The van der Waals surface area contributed by atoms with Gasteiger partial charge in [0.25, 0.3) is 0 Å². The molecular weight excluding hydrogens is 703 g/mol. The van der Waals surface area contributed by atoms with Crippen molar-refractivity contribution in [2.75, 3.05) is 37.1 Å². The zero-order valence-corrected chi connectivity index (χ0v) is 31.1. The Kier molecular flexibility index (Phi) is 22.4. The number of hydrogen-bond donors (Lipinski definition) is 0. The number of aromatic nitrogens is 3. The second kappa shape index (κ2) is 25.5. The van der Waals surface area contributed by atoms with E-state index in [2.05, 4.69) is 97.7 Å². The first-order valence-corrected chi connectivity index (χ1v) is 18.9. The molecule has 4 rings (SSSR count). The Bertz CT molecular complexity index is 1470. The first-order valence-electron chi connectivity index (χ1n) is 15.9. The van der Waals surface area contributed by atoms with E-state index in [1.54, 1.807) is 53.5 Å². The molecule has 9 heteroatoms. The van der Waals surface area contributed by atoms with Gasteiger partial charge in [-0.15, -0.1) is 19.7 Å². The minimum Gasteiger partial charge on any atom is -0.490 e. The van der Waals surface area contributed by atoms with Crippen LogP contribution in [0.3, 0.4) is 0 Å². The third-order valence-corrected chi connectivity index (χ3v) is 9.49. The number of hydrogen-bond acceptors (Lipinski definition) is 9. The first-order chi connectivity index (χ1) is 24.4. The van der Waals surface area contributed by atoms with E-state index in [1.807, 2.05) is 54.6 Å². The lowest BCUT2D eigenvalue weighted by atomic mass is 9.71. The molecule has 0 spiro atoms. The molecule has 0 radical (unpaired) electrons. The molecule has 4 aromatic rings. The summed E-state index contributed by atoms with van der Waals surface area (Å²) in [6, 6.07) is 24.7. The average Bonchev–Trinajstić information content (AvgIpc) is 3.16. The molecule has 6 nitrogen and oxygen atoms in total. The van der Waals surface area contributed by atoms with Crippen molar-refractivity contribution in [3.05, 3.63) is 165 Å². The molecule has 276 valence electrons. The molecule has 0 saturated carbocycles. The van der Waals surface area contributed by atoms with Crippen molar-refractivity contribution in [3.8, 4) is 17.2 Å². The Labute approximate surface area is 325 Å². The summed E-state index contributed by atoms with van der Waals surface area (Å²) in [7, 11) is 0. The van der Waals surface area contributed by atoms with Crippen molar-refractivity contribution in [1.82, 2.24) is 15.0 Å². The Balaban J connectivity index is 0.000000580. The summed E-state index contributed by atoms with van der Waals surface area (Å²) < 4.78 is 17.0. The van der Waals surface area contributed by atoms with E-state index in [9.17, 15) is 0 Å². The maximum atomic E-state index is 5.67. The van der Waals surface area contributed by atoms with E-state index in [-0.39, 0.29) is 20.3 Å². The molecule has 0 N–H and O–H groups in total. The van der Waals surface area contributed by atoms with Gasteiger partial charge in [-0.3, -0.25) is 0 Å². The van der Waals surface area contributed by atoms with Crippen molar-refractivity contribution in [1.29, 1.82) is 0 Å². The Morgan fingerprint density at radius 3 is 0.923 bits per heavy atom. The Morgan fingerprint density at radius 2 is 0.712 bits per heavy atom. The molecule has 0 amide bonds. The van der Waals surface area contributed by atoms with Crippen LogP contribution in [0.15, 0.2) is 164 Å². The van der Waals surface area contributed by atoms with Crippen LogP contribution in [-0.2, 0) is 5.41 Å². The van der Waals surface area contributed by atoms with Crippen LogP contribution in [0.25, 0.3) is 0 Å². The topological polar surface area (TPSA) is 66.4 Å². The molecule has 0 bridgehead atoms. The van der Waals surface area contributed by atoms with Crippen LogP contribution in [-0.4, -0.2) is 52.0 Å². The first kappa shape index (κ1) is 45.6. The van der Waals surface area contributed by atoms with E-state index in [0.717, 1.165) is 66.7 Å². The summed E-state index contributed by atoms with van der Waals surface area (Å²) in [5.74, 6) is 4.83. The van der Waals surface area contributed by atoms with Crippen LogP contribution in [0, 0.1) is 0 Å². The lowest BCUT2D eigenvalue weighted by molar-refractivity contribution is 0.362. The highest BCUT2D eigenvalue weighted by Gasteiger charge is 2.31. The van der Waals surface area contributed by atoms with Gasteiger partial charge in [0.15, 0.2) is 15.5 Å². The summed E-state index contributed by atoms with van der Waals surface area (Å²) in [5.41, 5.74) is 3.08. The van der Waals surface area contributed by atoms with Gasteiger partial charge >= 0.3 is 0 Å². The van der Waals surface area contributed by atoms with Crippen LogP contribution >= 0.6 is 35.3 Å². The zero-order valence-electron chi connectivity index (χ0n) is 28.7. The van der Waals surface area contributed by atoms with Crippen LogP contribution in [0.2, 0.25) is 0 Å². The van der Waals surface area contributed by atoms with Crippen molar-refractivity contribution < 1.29 is 14.2 Å². The maximum Gasteiger partial charge on any atom is 0.192 e. The monoisotopic (exact) mass is 755 g/mol.